The fraction of sp³-hybridized carbons (Fsp3) is 0.214. The van der Waals surface area contributed by atoms with Crippen LogP contribution in [0, 0.1) is 13.8 Å². The number of hydrogen-bond donors (Lipinski definition) is 0. The van der Waals surface area contributed by atoms with E-state index in [1.54, 1.807) is 48.5 Å². The molecule has 1 heterocycles. The van der Waals surface area contributed by atoms with Gasteiger partial charge in [0.2, 0.25) is 11.2 Å². The van der Waals surface area contributed by atoms with Crippen LogP contribution >= 0.6 is 0 Å². The predicted molar refractivity (Wildman–Crippen MR) is 135 cm³/mol. The summed E-state index contributed by atoms with van der Waals surface area (Å²) >= 11 is 0. The van der Waals surface area contributed by atoms with Crippen LogP contribution in [-0.4, -0.2) is 34.4 Å². The van der Waals surface area contributed by atoms with E-state index in [-0.39, 0.29) is 34.0 Å². The number of rotatable bonds is 7. The minimum absolute atomic E-state index is 0.0420. The first kappa shape index (κ1) is 24.7. The molecule has 3 aromatic carbocycles. The molecule has 0 bridgehead atoms. The van der Waals surface area contributed by atoms with Gasteiger partial charge in [-0.2, -0.15) is 0 Å². The lowest BCUT2D eigenvalue weighted by atomic mass is 10.0. The van der Waals surface area contributed by atoms with Crippen LogP contribution in [-0.2, 0) is 0 Å². The van der Waals surface area contributed by atoms with E-state index in [9.17, 15) is 9.59 Å². The molecule has 4 rings (SSSR count). The highest BCUT2D eigenvalue weighted by molar-refractivity contribution is 5.98. The number of fused-ring (bicyclic) bond motifs is 1. The van der Waals surface area contributed by atoms with Gasteiger partial charge in [-0.15, -0.1) is 0 Å². The second kappa shape index (κ2) is 10.0. The largest absolute Gasteiger partial charge is 0.496 e. The van der Waals surface area contributed by atoms with Crippen molar-refractivity contribution in [3.8, 4) is 40.1 Å². The summed E-state index contributed by atoms with van der Waals surface area (Å²) < 4.78 is 33.3. The first-order chi connectivity index (χ1) is 17.3. The van der Waals surface area contributed by atoms with Crippen molar-refractivity contribution in [1.82, 2.24) is 0 Å². The van der Waals surface area contributed by atoms with Crippen LogP contribution in [0.5, 0.6) is 28.7 Å². The number of carbonyl (C=O) groups excluding carboxylic acids is 1. The molecule has 0 amide bonds. The Morgan fingerprint density at radius 1 is 0.750 bits per heavy atom. The SMILES string of the molecule is COc1ccc(-c2oc3cc(C)c(C)cc3c(=O)c2OC(=O)c2c(OC)cccc2OC)cc1OC. The Kier molecular flexibility index (Phi) is 6.87. The summed E-state index contributed by atoms with van der Waals surface area (Å²) in [6.07, 6.45) is 0. The molecule has 0 saturated heterocycles. The molecule has 4 aromatic rings. The highest BCUT2D eigenvalue weighted by Gasteiger charge is 2.26. The van der Waals surface area contributed by atoms with E-state index in [0.717, 1.165) is 11.1 Å². The fourth-order valence-electron chi connectivity index (χ4n) is 3.89. The van der Waals surface area contributed by atoms with Crippen LogP contribution in [0.4, 0.5) is 0 Å². The summed E-state index contributed by atoms with van der Waals surface area (Å²) in [5.74, 6) is 0.360. The molecule has 0 atom stereocenters. The fourth-order valence-corrected chi connectivity index (χ4v) is 3.89. The average Bonchev–Trinajstić information content (AvgIpc) is 2.90. The van der Waals surface area contributed by atoms with Crippen molar-refractivity contribution in [3.63, 3.8) is 0 Å². The highest BCUT2D eigenvalue weighted by atomic mass is 16.6. The number of esters is 1. The second-order valence-corrected chi connectivity index (χ2v) is 8.02. The van der Waals surface area contributed by atoms with Gasteiger partial charge in [0.15, 0.2) is 17.3 Å². The molecule has 1 aromatic heterocycles. The number of methoxy groups -OCH3 is 4. The van der Waals surface area contributed by atoms with Crippen LogP contribution in [0.1, 0.15) is 21.5 Å². The van der Waals surface area contributed by atoms with E-state index in [1.807, 2.05) is 13.8 Å². The van der Waals surface area contributed by atoms with Crippen molar-refractivity contribution in [3.05, 3.63) is 75.4 Å². The third kappa shape index (κ3) is 4.33. The summed E-state index contributed by atoms with van der Waals surface area (Å²) in [5, 5.41) is 0.289. The number of carbonyl (C=O) groups is 1. The third-order valence-electron chi connectivity index (χ3n) is 5.94. The lowest BCUT2D eigenvalue weighted by Crippen LogP contribution is -2.18. The summed E-state index contributed by atoms with van der Waals surface area (Å²) in [5.41, 5.74) is 2.22. The van der Waals surface area contributed by atoms with Crippen LogP contribution in [0.15, 0.2) is 57.7 Å². The molecule has 0 spiro atoms. The number of aryl methyl sites for hydroxylation is 2. The maximum atomic E-state index is 13.7. The van der Waals surface area contributed by atoms with Crippen LogP contribution < -0.4 is 29.1 Å². The van der Waals surface area contributed by atoms with Gasteiger partial charge in [-0.05, 0) is 67.4 Å². The van der Waals surface area contributed by atoms with Gasteiger partial charge in [0.05, 0.1) is 33.8 Å². The van der Waals surface area contributed by atoms with E-state index in [4.69, 9.17) is 28.1 Å². The van der Waals surface area contributed by atoms with Gasteiger partial charge < -0.3 is 28.1 Å². The molecule has 8 heteroatoms. The van der Waals surface area contributed by atoms with E-state index < -0.39 is 11.4 Å². The zero-order chi connectivity index (χ0) is 26.0. The van der Waals surface area contributed by atoms with Gasteiger partial charge in [0.25, 0.3) is 0 Å². The Labute approximate surface area is 207 Å². The number of benzene rings is 3. The lowest BCUT2D eigenvalue weighted by molar-refractivity contribution is 0.0724. The number of ether oxygens (including phenoxy) is 5. The molecule has 36 heavy (non-hydrogen) atoms. The molecule has 0 radical (unpaired) electrons. The topological polar surface area (TPSA) is 93.4 Å². The Morgan fingerprint density at radius 2 is 1.36 bits per heavy atom. The third-order valence-corrected chi connectivity index (χ3v) is 5.94. The van der Waals surface area contributed by atoms with E-state index in [2.05, 4.69) is 0 Å². The van der Waals surface area contributed by atoms with E-state index >= 15 is 0 Å². The first-order valence-electron chi connectivity index (χ1n) is 11.1. The van der Waals surface area contributed by atoms with Gasteiger partial charge in [-0.3, -0.25) is 4.79 Å². The van der Waals surface area contributed by atoms with Crippen molar-refractivity contribution >= 4 is 16.9 Å². The van der Waals surface area contributed by atoms with Crippen molar-refractivity contribution in [2.75, 3.05) is 28.4 Å². The quantitative estimate of drug-likeness (QED) is 0.321. The molecular formula is C28H26O8. The smallest absolute Gasteiger partial charge is 0.351 e. The van der Waals surface area contributed by atoms with Gasteiger partial charge in [-0.1, -0.05) is 6.07 Å². The standard InChI is InChI=1S/C28H26O8/c1-15-12-18-22(13-16(15)2)35-26(17-10-11-19(31-3)23(14-17)34-6)27(25(18)29)36-28(30)24-20(32-4)8-7-9-21(24)33-5/h7-14H,1-6H3. The molecular weight excluding hydrogens is 464 g/mol. The van der Waals surface area contributed by atoms with Gasteiger partial charge in [0.1, 0.15) is 22.6 Å². The van der Waals surface area contributed by atoms with Crippen molar-refractivity contribution < 1.29 is 32.9 Å². The van der Waals surface area contributed by atoms with Gasteiger partial charge >= 0.3 is 5.97 Å². The highest BCUT2D eigenvalue weighted by Crippen LogP contribution is 2.38. The molecule has 0 aliphatic carbocycles. The maximum Gasteiger partial charge on any atom is 0.351 e. The van der Waals surface area contributed by atoms with Crippen molar-refractivity contribution in [1.29, 1.82) is 0 Å². The molecule has 8 nitrogen and oxygen atoms in total. The van der Waals surface area contributed by atoms with Crippen LogP contribution in [0.3, 0.4) is 0 Å². The molecule has 0 N–H and O–H groups in total. The van der Waals surface area contributed by atoms with E-state index in [0.29, 0.717) is 22.6 Å². The Bertz CT molecular complexity index is 1490. The Hall–Kier alpha value is -4.46. The van der Waals surface area contributed by atoms with Crippen LogP contribution in [0.25, 0.3) is 22.3 Å². The van der Waals surface area contributed by atoms with Gasteiger partial charge in [-0.25, -0.2) is 4.79 Å². The Balaban J connectivity index is 1.97. The number of hydrogen-bond acceptors (Lipinski definition) is 8. The summed E-state index contributed by atoms with van der Waals surface area (Å²) in [7, 11) is 5.87. The molecule has 0 unspecified atom stereocenters. The molecule has 186 valence electrons. The molecule has 0 aliphatic rings. The molecule has 0 aliphatic heterocycles. The molecule has 0 saturated carbocycles. The molecule has 0 fully saturated rings. The summed E-state index contributed by atoms with van der Waals surface area (Å²) in [6.45, 7) is 3.81. The monoisotopic (exact) mass is 490 g/mol. The summed E-state index contributed by atoms with van der Waals surface area (Å²) in [6, 6.07) is 13.4. The Morgan fingerprint density at radius 3 is 1.97 bits per heavy atom. The van der Waals surface area contributed by atoms with Crippen LogP contribution in [0.2, 0.25) is 0 Å². The average molecular weight is 491 g/mol. The van der Waals surface area contributed by atoms with E-state index in [1.165, 1.54) is 28.4 Å². The minimum atomic E-state index is -0.832. The predicted octanol–water partition coefficient (Wildman–Crippen LogP) is 5.33. The normalized spacial score (nSPS) is 10.7. The summed E-state index contributed by atoms with van der Waals surface area (Å²) in [4.78, 5) is 27.1. The lowest BCUT2D eigenvalue weighted by Gasteiger charge is -2.15. The zero-order valence-corrected chi connectivity index (χ0v) is 20.9. The minimum Gasteiger partial charge on any atom is -0.496 e. The van der Waals surface area contributed by atoms with Gasteiger partial charge in [0, 0.05) is 5.56 Å². The zero-order valence-electron chi connectivity index (χ0n) is 20.9. The van der Waals surface area contributed by atoms with Crippen molar-refractivity contribution in [2.24, 2.45) is 0 Å². The van der Waals surface area contributed by atoms with Crippen molar-refractivity contribution in [2.45, 2.75) is 13.8 Å². The first-order valence-corrected chi connectivity index (χ1v) is 11.1. The second-order valence-electron chi connectivity index (χ2n) is 8.02. The maximum absolute atomic E-state index is 13.7.